The Morgan fingerprint density at radius 2 is 1.81 bits per heavy atom. The lowest BCUT2D eigenvalue weighted by atomic mass is 9.99. The second-order valence-corrected chi connectivity index (χ2v) is 6.17. The van der Waals surface area contributed by atoms with E-state index in [9.17, 15) is 9.90 Å². The molecule has 0 radical (unpaired) electrons. The molecular formula is C22H18N2O2. The minimum Gasteiger partial charge on any atom is -0.506 e. The van der Waals surface area contributed by atoms with Crippen LogP contribution in [0.15, 0.2) is 77.9 Å². The summed E-state index contributed by atoms with van der Waals surface area (Å²) in [4.78, 5) is 17.5. The maximum absolute atomic E-state index is 13.5. The molecule has 2 heterocycles. The van der Waals surface area contributed by atoms with Gasteiger partial charge in [-0.2, -0.15) is 0 Å². The van der Waals surface area contributed by atoms with Gasteiger partial charge in [0.05, 0.1) is 11.6 Å². The quantitative estimate of drug-likeness (QED) is 0.603. The van der Waals surface area contributed by atoms with Gasteiger partial charge in [0.1, 0.15) is 5.75 Å². The first kappa shape index (κ1) is 16.1. The molecule has 0 fully saturated rings. The highest BCUT2D eigenvalue weighted by atomic mass is 16.3. The molecule has 0 saturated carbocycles. The number of benzene rings is 2. The third-order valence-electron chi connectivity index (χ3n) is 4.53. The monoisotopic (exact) mass is 342 g/mol. The Morgan fingerprint density at radius 1 is 1.00 bits per heavy atom. The Hall–Kier alpha value is -3.40. The van der Waals surface area contributed by atoms with Crippen LogP contribution in [-0.4, -0.2) is 14.7 Å². The minimum absolute atomic E-state index is 0.0653. The number of rotatable bonds is 3. The molecule has 0 aliphatic rings. The third kappa shape index (κ3) is 2.65. The highest BCUT2D eigenvalue weighted by Gasteiger charge is 2.14. The van der Waals surface area contributed by atoms with Crippen LogP contribution in [0.25, 0.3) is 27.6 Å². The number of pyridine rings is 2. The third-order valence-corrected chi connectivity index (χ3v) is 4.53. The molecule has 2 aromatic heterocycles. The van der Waals surface area contributed by atoms with Crippen molar-refractivity contribution in [1.29, 1.82) is 0 Å². The molecule has 1 N–H and O–H groups in total. The second-order valence-electron chi connectivity index (χ2n) is 6.17. The molecule has 0 spiro atoms. The first-order chi connectivity index (χ1) is 12.7. The highest BCUT2D eigenvalue weighted by molar-refractivity contribution is 5.96. The van der Waals surface area contributed by atoms with E-state index in [0.717, 1.165) is 34.3 Å². The molecule has 0 aliphatic heterocycles. The number of nitrogens with zero attached hydrogens (tertiary/aromatic N) is 2. The molecule has 0 saturated heterocycles. The SMILES string of the molecule is CCc1cc2cccc(-c3cncc(O)c3)c2c(=O)n1-c1ccccc1. The van der Waals surface area contributed by atoms with Crippen molar-refractivity contribution in [3.05, 3.63) is 89.1 Å². The van der Waals surface area contributed by atoms with E-state index in [0.29, 0.717) is 5.39 Å². The lowest BCUT2D eigenvalue weighted by molar-refractivity contribution is 0.473. The van der Waals surface area contributed by atoms with Gasteiger partial charge < -0.3 is 5.11 Å². The summed E-state index contributed by atoms with van der Waals surface area (Å²) in [6, 6.07) is 19.1. The van der Waals surface area contributed by atoms with E-state index in [1.165, 1.54) is 6.20 Å². The summed E-state index contributed by atoms with van der Waals surface area (Å²) >= 11 is 0. The van der Waals surface area contributed by atoms with Crippen LogP contribution in [0.1, 0.15) is 12.6 Å². The van der Waals surface area contributed by atoms with Crippen molar-refractivity contribution in [2.24, 2.45) is 0 Å². The zero-order valence-corrected chi connectivity index (χ0v) is 14.4. The van der Waals surface area contributed by atoms with E-state index in [1.54, 1.807) is 16.8 Å². The zero-order chi connectivity index (χ0) is 18.1. The Kier molecular flexibility index (Phi) is 4.01. The van der Waals surface area contributed by atoms with Crippen molar-refractivity contribution in [3.63, 3.8) is 0 Å². The Balaban J connectivity index is 2.10. The van der Waals surface area contributed by atoms with Gasteiger partial charge in [0.15, 0.2) is 0 Å². The summed E-state index contributed by atoms with van der Waals surface area (Å²) in [6.45, 7) is 2.04. The van der Waals surface area contributed by atoms with Crippen LogP contribution in [0, 0.1) is 0 Å². The van der Waals surface area contributed by atoms with Gasteiger partial charge in [-0.25, -0.2) is 0 Å². The first-order valence-corrected chi connectivity index (χ1v) is 8.56. The molecule has 0 unspecified atom stereocenters. The topological polar surface area (TPSA) is 55.1 Å². The van der Waals surface area contributed by atoms with Gasteiger partial charge >= 0.3 is 0 Å². The van der Waals surface area contributed by atoms with Crippen molar-refractivity contribution >= 4 is 10.8 Å². The average molecular weight is 342 g/mol. The Bertz CT molecular complexity index is 1150. The highest BCUT2D eigenvalue weighted by Crippen LogP contribution is 2.29. The van der Waals surface area contributed by atoms with Gasteiger partial charge in [-0.3, -0.25) is 14.3 Å². The maximum Gasteiger partial charge on any atom is 0.263 e. The largest absolute Gasteiger partial charge is 0.506 e. The van der Waals surface area contributed by atoms with Crippen molar-refractivity contribution in [1.82, 2.24) is 9.55 Å². The minimum atomic E-state index is -0.0653. The molecule has 2 aromatic carbocycles. The maximum atomic E-state index is 13.5. The molecule has 0 bridgehead atoms. The summed E-state index contributed by atoms with van der Waals surface area (Å²) in [7, 11) is 0. The second kappa shape index (κ2) is 6.48. The fourth-order valence-corrected chi connectivity index (χ4v) is 3.35. The van der Waals surface area contributed by atoms with Gasteiger partial charge in [-0.05, 0) is 41.6 Å². The van der Waals surface area contributed by atoms with E-state index >= 15 is 0 Å². The number of aromatic nitrogens is 2. The van der Waals surface area contributed by atoms with E-state index in [-0.39, 0.29) is 11.3 Å². The summed E-state index contributed by atoms with van der Waals surface area (Å²) < 4.78 is 1.77. The van der Waals surface area contributed by atoms with Crippen molar-refractivity contribution in [2.45, 2.75) is 13.3 Å². The van der Waals surface area contributed by atoms with Crippen molar-refractivity contribution < 1.29 is 5.11 Å². The van der Waals surface area contributed by atoms with Crippen LogP contribution in [-0.2, 0) is 6.42 Å². The molecule has 4 aromatic rings. The molecule has 4 rings (SSSR count). The van der Waals surface area contributed by atoms with E-state index in [4.69, 9.17) is 0 Å². The molecule has 4 heteroatoms. The number of para-hydroxylation sites is 1. The normalized spacial score (nSPS) is 11.0. The number of aryl methyl sites for hydroxylation is 1. The standard InChI is InChI=1S/C22H18N2O2/c1-2-17-11-15-7-6-10-20(16-12-19(25)14-23-13-16)21(15)22(26)24(17)18-8-4-3-5-9-18/h3-14,25H,2H2,1H3. The van der Waals surface area contributed by atoms with Gasteiger partial charge in [-0.1, -0.05) is 43.3 Å². The lowest BCUT2D eigenvalue weighted by Crippen LogP contribution is -2.22. The zero-order valence-electron chi connectivity index (χ0n) is 14.4. The summed E-state index contributed by atoms with van der Waals surface area (Å²) in [5.74, 6) is 0.0769. The van der Waals surface area contributed by atoms with Crippen LogP contribution < -0.4 is 5.56 Å². The fraction of sp³-hybridized carbons (Fsp3) is 0.0909. The molecular weight excluding hydrogens is 324 g/mol. The summed E-state index contributed by atoms with van der Waals surface area (Å²) in [5.41, 5.74) is 3.23. The van der Waals surface area contributed by atoms with Gasteiger partial charge in [0.25, 0.3) is 5.56 Å². The lowest BCUT2D eigenvalue weighted by Gasteiger charge is -2.15. The molecule has 26 heavy (non-hydrogen) atoms. The number of aromatic hydroxyl groups is 1. The van der Waals surface area contributed by atoms with Crippen LogP contribution in [0.2, 0.25) is 0 Å². The van der Waals surface area contributed by atoms with Crippen LogP contribution in [0.3, 0.4) is 0 Å². The number of hydrogen-bond acceptors (Lipinski definition) is 3. The molecule has 0 atom stereocenters. The Labute approximate surface area is 151 Å². The Morgan fingerprint density at radius 3 is 2.54 bits per heavy atom. The fourth-order valence-electron chi connectivity index (χ4n) is 3.35. The van der Waals surface area contributed by atoms with Crippen LogP contribution in [0.4, 0.5) is 0 Å². The predicted molar refractivity (Wildman–Crippen MR) is 104 cm³/mol. The van der Waals surface area contributed by atoms with Gasteiger partial charge in [0, 0.05) is 23.1 Å². The van der Waals surface area contributed by atoms with Gasteiger partial charge in [-0.15, -0.1) is 0 Å². The predicted octanol–water partition coefficient (Wildman–Crippen LogP) is 4.32. The summed E-state index contributed by atoms with van der Waals surface area (Å²) in [6.07, 6.45) is 3.79. The van der Waals surface area contributed by atoms with Crippen LogP contribution in [0.5, 0.6) is 5.75 Å². The molecule has 128 valence electrons. The van der Waals surface area contributed by atoms with E-state index < -0.39 is 0 Å². The number of fused-ring (bicyclic) bond motifs is 1. The van der Waals surface area contributed by atoms with Crippen molar-refractivity contribution in [3.8, 4) is 22.6 Å². The first-order valence-electron chi connectivity index (χ1n) is 8.56. The summed E-state index contributed by atoms with van der Waals surface area (Å²) in [5, 5.41) is 11.3. The van der Waals surface area contributed by atoms with Gasteiger partial charge in [0.2, 0.25) is 0 Å². The van der Waals surface area contributed by atoms with Crippen molar-refractivity contribution in [2.75, 3.05) is 0 Å². The van der Waals surface area contributed by atoms with Crippen LogP contribution >= 0.6 is 0 Å². The molecule has 0 amide bonds. The molecule has 0 aliphatic carbocycles. The number of hydrogen-bond donors (Lipinski definition) is 1. The van der Waals surface area contributed by atoms with E-state index in [2.05, 4.69) is 11.1 Å². The van der Waals surface area contributed by atoms with E-state index in [1.807, 2.05) is 55.5 Å². The molecule has 4 nitrogen and oxygen atoms in total. The smallest absolute Gasteiger partial charge is 0.263 e. The average Bonchev–Trinajstić information content (AvgIpc) is 2.68.